The van der Waals surface area contributed by atoms with Crippen LogP contribution in [0, 0.1) is 0 Å². The van der Waals surface area contributed by atoms with E-state index in [1.165, 1.54) is 5.69 Å². The van der Waals surface area contributed by atoms with Crippen LogP contribution in [0.25, 0.3) is 0 Å². The fourth-order valence-electron chi connectivity index (χ4n) is 2.57. The predicted molar refractivity (Wildman–Crippen MR) is 89.0 cm³/mol. The van der Waals surface area contributed by atoms with Crippen molar-refractivity contribution in [2.24, 2.45) is 0 Å². The van der Waals surface area contributed by atoms with Crippen molar-refractivity contribution in [3.8, 4) is 11.5 Å². The second-order valence-electron chi connectivity index (χ2n) is 5.21. The van der Waals surface area contributed by atoms with Gasteiger partial charge in [-0.1, -0.05) is 30.3 Å². The molecule has 0 spiro atoms. The Balaban J connectivity index is 1.53. The molecule has 0 unspecified atom stereocenters. The molecule has 1 fully saturated rings. The van der Waals surface area contributed by atoms with E-state index in [4.69, 9.17) is 9.47 Å². The summed E-state index contributed by atoms with van der Waals surface area (Å²) < 4.78 is 11.6. The van der Waals surface area contributed by atoms with Crippen LogP contribution in [0.15, 0.2) is 54.6 Å². The van der Waals surface area contributed by atoms with E-state index in [9.17, 15) is 0 Å². The number of ether oxygens (including phenoxy) is 2. The van der Waals surface area contributed by atoms with E-state index >= 15 is 0 Å². The highest BCUT2D eigenvalue weighted by atomic mass is 16.5. The van der Waals surface area contributed by atoms with Gasteiger partial charge in [0.05, 0.1) is 5.69 Å². The number of hydrogen-bond donors (Lipinski definition) is 1. The highest BCUT2D eigenvalue weighted by Crippen LogP contribution is 2.28. The van der Waals surface area contributed by atoms with E-state index in [0.29, 0.717) is 13.2 Å². The van der Waals surface area contributed by atoms with Crippen LogP contribution in [0.5, 0.6) is 11.5 Å². The minimum absolute atomic E-state index is 0.540. The van der Waals surface area contributed by atoms with Crippen LogP contribution in [0.3, 0.4) is 0 Å². The highest BCUT2D eigenvalue weighted by molar-refractivity contribution is 5.58. The Hall–Kier alpha value is -2.20. The normalized spacial score (nSPS) is 14.6. The molecule has 0 saturated carbocycles. The van der Waals surface area contributed by atoms with Gasteiger partial charge < -0.3 is 19.7 Å². The van der Waals surface area contributed by atoms with Gasteiger partial charge in [-0.25, -0.2) is 0 Å². The van der Waals surface area contributed by atoms with Crippen LogP contribution >= 0.6 is 0 Å². The standard InChI is InChI=1S/C18H22N2O2/c1-2-6-16(7-3-1)21-14-15-22-18-9-5-4-8-17(18)20-12-10-19-11-13-20/h1-9,19H,10-15H2. The third-order valence-corrected chi connectivity index (χ3v) is 3.68. The van der Waals surface area contributed by atoms with Crippen molar-refractivity contribution in [2.75, 3.05) is 44.3 Å². The van der Waals surface area contributed by atoms with Gasteiger partial charge in [-0.15, -0.1) is 0 Å². The Bertz CT molecular complexity index is 568. The first-order chi connectivity index (χ1) is 10.9. The molecule has 0 atom stereocenters. The van der Waals surface area contributed by atoms with Crippen molar-refractivity contribution in [2.45, 2.75) is 0 Å². The van der Waals surface area contributed by atoms with Gasteiger partial charge in [0.25, 0.3) is 0 Å². The minimum atomic E-state index is 0.540. The Morgan fingerprint density at radius 3 is 2.32 bits per heavy atom. The molecule has 0 amide bonds. The molecule has 22 heavy (non-hydrogen) atoms. The Labute approximate surface area is 131 Å². The monoisotopic (exact) mass is 298 g/mol. The van der Waals surface area contributed by atoms with Gasteiger partial charge in [0.2, 0.25) is 0 Å². The van der Waals surface area contributed by atoms with E-state index in [1.54, 1.807) is 0 Å². The smallest absolute Gasteiger partial charge is 0.142 e. The summed E-state index contributed by atoms with van der Waals surface area (Å²) in [5, 5.41) is 3.37. The van der Waals surface area contributed by atoms with Gasteiger partial charge in [-0.2, -0.15) is 0 Å². The Morgan fingerprint density at radius 1 is 0.818 bits per heavy atom. The van der Waals surface area contributed by atoms with Gasteiger partial charge in [0.1, 0.15) is 24.7 Å². The second kappa shape index (κ2) is 7.71. The summed E-state index contributed by atoms with van der Waals surface area (Å²) in [4.78, 5) is 2.36. The average Bonchev–Trinajstić information content (AvgIpc) is 2.61. The van der Waals surface area contributed by atoms with E-state index in [1.807, 2.05) is 42.5 Å². The molecule has 1 N–H and O–H groups in total. The van der Waals surface area contributed by atoms with Crippen LogP contribution in [0.4, 0.5) is 5.69 Å². The molecule has 4 nitrogen and oxygen atoms in total. The minimum Gasteiger partial charge on any atom is -0.490 e. The molecule has 0 aromatic heterocycles. The molecule has 116 valence electrons. The summed E-state index contributed by atoms with van der Waals surface area (Å²) in [6.45, 7) is 5.15. The number of nitrogens with one attached hydrogen (secondary N) is 1. The fraction of sp³-hybridized carbons (Fsp3) is 0.333. The first-order valence-electron chi connectivity index (χ1n) is 7.79. The lowest BCUT2D eigenvalue weighted by Gasteiger charge is -2.30. The largest absolute Gasteiger partial charge is 0.490 e. The van der Waals surface area contributed by atoms with E-state index < -0.39 is 0 Å². The number of nitrogens with zero attached hydrogens (tertiary/aromatic N) is 1. The maximum Gasteiger partial charge on any atom is 0.142 e. The van der Waals surface area contributed by atoms with E-state index in [0.717, 1.165) is 37.7 Å². The number of benzene rings is 2. The first kappa shape index (κ1) is 14.7. The summed E-state index contributed by atoms with van der Waals surface area (Å²) in [5.41, 5.74) is 1.17. The summed E-state index contributed by atoms with van der Waals surface area (Å²) in [7, 11) is 0. The Kier molecular flexibility index (Phi) is 5.16. The van der Waals surface area contributed by atoms with Crippen molar-refractivity contribution in [3.05, 3.63) is 54.6 Å². The van der Waals surface area contributed by atoms with Crippen LogP contribution in [0.2, 0.25) is 0 Å². The molecule has 1 aliphatic rings. The van der Waals surface area contributed by atoms with Gasteiger partial charge in [-0.05, 0) is 24.3 Å². The number of rotatable bonds is 6. The fourth-order valence-corrected chi connectivity index (χ4v) is 2.57. The third-order valence-electron chi connectivity index (χ3n) is 3.68. The molecular formula is C18H22N2O2. The zero-order chi connectivity index (χ0) is 15.0. The van der Waals surface area contributed by atoms with Crippen molar-refractivity contribution < 1.29 is 9.47 Å². The van der Waals surface area contributed by atoms with Crippen molar-refractivity contribution >= 4 is 5.69 Å². The van der Waals surface area contributed by atoms with Crippen molar-refractivity contribution in [1.82, 2.24) is 5.32 Å². The molecule has 2 aromatic carbocycles. The first-order valence-corrected chi connectivity index (χ1v) is 7.79. The average molecular weight is 298 g/mol. The maximum absolute atomic E-state index is 5.93. The summed E-state index contributed by atoms with van der Waals surface area (Å²) in [6.07, 6.45) is 0. The molecule has 0 radical (unpaired) electrons. The molecule has 2 aromatic rings. The molecule has 0 aliphatic carbocycles. The van der Waals surface area contributed by atoms with Gasteiger partial charge in [0.15, 0.2) is 0 Å². The molecule has 4 heteroatoms. The zero-order valence-corrected chi connectivity index (χ0v) is 12.7. The lowest BCUT2D eigenvalue weighted by molar-refractivity contribution is 0.217. The number of para-hydroxylation sites is 3. The second-order valence-corrected chi connectivity index (χ2v) is 5.21. The number of hydrogen-bond acceptors (Lipinski definition) is 4. The molecule has 0 bridgehead atoms. The SMILES string of the molecule is c1ccc(OCCOc2ccccc2N2CCNCC2)cc1. The van der Waals surface area contributed by atoms with Crippen molar-refractivity contribution in [1.29, 1.82) is 0 Å². The van der Waals surface area contributed by atoms with Crippen molar-refractivity contribution in [3.63, 3.8) is 0 Å². The van der Waals surface area contributed by atoms with E-state index in [2.05, 4.69) is 22.3 Å². The van der Waals surface area contributed by atoms with Crippen LogP contribution in [-0.2, 0) is 0 Å². The number of piperazine rings is 1. The predicted octanol–water partition coefficient (Wildman–Crippen LogP) is 2.55. The van der Waals surface area contributed by atoms with E-state index in [-0.39, 0.29) is 0 Å². The molecule has 1 saturated heterocycles. The van der Waals surface area contributed by atoms with Gasteiger partial charge in [-0.3, -0.25) is 0 Å². The third kappa shape index (κ3) is 3.92. The molecule has 1 heterocycles. The number of anilines is 1. The molecule has 1 aliphatic heterocycles. The van der Waals surface area contributed by atoms with Crippen LogP contribution in [0.1, 0.15) is 0 Å². The summed E-state index contributed by atoms with van der Waals surface area (Å²) in [5.74, 6) is 1.81. The van der Waals surface area contributed by atoms with Gasteiger partial charge in [0, 0.05) is 26.2 Å². The maximum atomic E-state index is 5.93. The Morgan fingerprint density at radius 2 is 1.50 bits per heavy atom. The molecular weight excluding hydrogens is 276 g/mol. The van der Waals surface area contributed by atoms with Crippen LogP contribution in [-0.4, -0.2) is 39.4 Å². The molecule has 3 rings (SSSR count). The summed E-state index contributed by atoms with van der Waals surface area (Å²) in [6, 6.07) is 18.0. The zero-order valence-electron chi connectivity index (χ0n) is 12.7. The summed E-state index contributed by atoms with van der Waals surface area (Å²) >= 11 is 0. The lowest BCUT2D eigenvalue weighted by Crippen LogP contribution is -2.43. The lowest BCUT2D eigenvalue weighted by atomic mass is 10.2. The topological polar surface area (TPSA) is 33.7 Å². The van der Waals surface area contributed by atoms with Gasteiger partial charge >= 0.3 is 0 Å². The van der Waals surface area contributed by atoms with Crippen LogP contribution < -0.4 is 19.7 Å². The highest BCUT2D eigenvalue weighted by Gasteiger charge is 2.14. The quantitative estimate of drug-likeness (QED) is 0.831.